The van der Waals surface area contributed by atoms with Crippen LogP contribution in [0.1, 0.15) is 40.0 Å². The second-order valence-corrected chi connectivity index (χ2v) is 8.40. The zero-order chi connectivity index (χ0) is 20.1. The molecule has 1 amide bonds. The van der Waals surface area contributed by atoms with Crippen molar-refractivity contribution in [2.24, 2.45) is 0 Å². The predicted octanol–water partition coefficient (Wildman–Crippen LogP) is 4.79. The molecule has 3 heterocycles. The fourth-order valence-corrected chi connectivity index (χ4v) is 5.62. The van der Waals surface area contributed by atoms with Gasteiger partial charge in [0.15, 0.2) is 10.7 Å². The number of aromatic nitrogens is 2. The van der Waals surface area contributed by atoms with Gasteiger partial charge in [-0.3, -0.25) is 4.79 Å². The summed E-state index contributed by atoms with van der Waals surface area (Å²) in [6.45, 7) is 5.97. The van der Waals surface area contributed by atoms with Gasteiger partial charge >= 0.3 is 12.0 Å². The first kappa shape index (κ1) is 19.0. The minimum atomic E-state index is -0.655. The normalized spacial score (nSPS) is 27.2. The Kier molecular flexibility index (Phi) is 4.47. The molecule has 7 heteroatoms. The average molecular weight is 399 g/mol. The summed E-state index contributed by atoms with van der Waals surface area (Å²) >= 11 is 1.20. The minimum Gasteiger partial charge on any atom is -0.423 e. The predicted molar refractivity (Wildman–Crippen MR) is 110 cm³/mol. The summed E-state index contributed by atoms with van der Waals surface area (Å²) in [5.41, 5.74) is 2.23. The van der Waals surface area contributed by atoms with Crippen LogP contribution in [0.2, 0.25) is 0 Å². The molecule has 0 saturated heterocycles. The molecule has 1 aromatic heterocycles. The van der Waals surface area contributed by atoms with E-state index in [0.29, 0.717) is 18.8 Å². The molecule has 1 aromatic rings. The summed E-state index contributed by atoms with van der Waals surface area (Å²) in [7, 11) is 1.41. The summed E-state index contributed by atoms with van der Waals surface area (Å²) in [6, 6.07) is 0. The molecule has 2 aliphatic heterocycles. The highest BCUT2D eigenvalue weighted by molar-refractivity contribution is 8.13. The maximum atomic E-state index is 13.3. The summed E-state index contributed by atoms with van der Waals surface area (Å²) < 4.78 is 7.19. The van der Waals surface area contributed by atoms with Crippen molar-refractivity contribution >= 4 is 34.6 Å². The number of thioether (sulfide) groups is 1. The molecular formula is C21H24N3O3S+. The molecule has 1 spiro atoms. The zero-order valence-electron chi connectivity index (χ0n) is 16.6. The van der Waals surface area contributed by atoms with Crippen molar-refractivity contribution in [1.29, 1.82) is 0 Å². The van der Waals surface area contributed by atoms with Crippen LogP contribution >= 0.6 is 11.8 Å². The topological polar surface area (TPSA) is 61.2 Å². The molecule has 4 rings (SSSR count). The lowest BCUT2D eigenvalue weighted by atomic mass is 9.80. The Bertz CT molecular complexity index is 1000. The number of amides is 1. The van der Waals surface area contributed by atoms with Crippen LogP contribution in [0.5, 0.6) is 0 Å². The molecule has 28 heavy (non-hydrogen) atoms. The Balaban J connectivity index is 2.03. The van der Waals surface area contributed by atoms with Crippen LogP contribution in [0.3, 0.4) is 0 Å². The van der Waals surface area contributed by atoms with E-state index in [9.17, 15) is 9.59 Å². The third-order valence-corrected chi connectivity index (χ3v) is 6.70. The third-order valence-electron chi connectivity index (χ3n) is 5.77. The number of fused-ring (bicyclic) bond motifs is 3. The molecule has 0 bridgehead atoms. The highest BCUT2D eigenvalue weighted by atomic mass is 32.2. The van der Waals surface area contributed by atoms with Crippen LogP contribution < -0.4 is 4.48 Å². The van der Waals surface area contributed by atoms with Crippen molar-refractivity contribution in [3.8, 4) is 0 Å². The van der Waals surface area contributed by atoms with Gasteiger partial charge in [-0.1, -0.05) is 25.2 Å². The Morgan fingerprint density at radius 3 is 2.89 bits per heavy atom. The van der Waals surface area contributed by atoms with Crippen molar-refractivity contribution in [3.05, 3.63) is 47.8 Å². The van der Waals surface area contributed by atoms with E-state index in [1.807, 2.05) is 37.5 Å². The third kappa shape index (κ3) is 2.17. The molecular weight excluding hydrogens is 374 g/mol. The zero-order valence-corrected chi connectivity index (χ0v) is 17.4. The Morgan fingerprint density at radius 2 is 2.18 bits per heavy atom. The first-order valence-corrected chi connectivity index (χ1v) is 10.3. The Labute approximate surface area is 168 Å². The number of hydrogen-bond acceptors (Lipinski definition) is 5. The number of allylic oxidation sites excluding steroid dienone is 5. The van der Waals surface area contributed by atoms with Crippen molar-refractivity contribution in [1.82, 2.24) is 14.0 Å². The molecule has 146 valence electrons. The molecule has 3 aliphatic rings. The van der Waals surface area contributed by atoms with Gasteiger partial charge in [0.2, 0.25) is 0 Å². The first-order valence-electron chi connectivity index (χ1n) is 9.45. The molecule has 2 atom stereocenters. The number of carbonyl (C=O) groups is 2. The van der Waals surface area contributed by atoms with Gasteiger partial charge in [-0.15, -0.1) is 4.48 Å². The van der Waals surface area contributed by atoms with Crippen molar-refractivity contribution < 1.29 is 14.3 Å². The summed E-state index contributed by atoms with van der Waals surface area (Å²) in [6.07, 6.45) is 13.5. The van der Waals surface area contributed by atoms with Crippen LogP contribution in [0, 0.1) is 0 Å². The van der Waals surface area contributed by atoms with Crippen molar-refractivity contribution in [2.45, 2.75) is 50.6 Å². The van der Waals surface area contributed by atoms with Crippen molar-refractivity contribution in [2.75, 3.05) is 7.11 Å². The number of hydrogen-bond donors (Lipinski definition) is 0. The van der Waals surface area contributed by atoms with Gasteiger partial charge in [0.05, 0.1) is 19.0 Å². The molecule has 0 aromatic carbocycles. The van der Waals surface area contributed by atoms with E-state index in [2.05, 4.69) is 23.2 Å². The van der Waals surface area contributed by atoms with E-state index in [1.165, 1.54) is 18.9 Å². The summed E-state index contributed by atoms with van der Waals surface area (Å²) in [4.78, 5) is 30.4. The maximum absolute atomic E-state index is 13.3. The van der Waals surface area contributed by atoms with E-state index in [0.717, 1.165) is 28.4 Å². The van der Waals surface area contributed by atoms with Gasteiger partial charge in [-0.2, -0.15) is 9.78 Å². The monoisotopic (exact) mass is 398 g/mol. The lowest BCUT2D eigenvalue weighted by molar-refractivity contribution is -0.111. The van der Waals surface area contributed by atoms with Gasteiger partial charge in [-0.25, -0.2) is 4.57 Å². The lowest BCUT2D eigenvalue weighted by Gasteiger charge is -2.43. The SMILES string of the molecule is CCCC(=O)Sc1cnc2n1C1=C(C)C=CCC13C=CC=C(C)[N+]23C(=O)OC. The second kappa shape index (κ2) is 6.60. The molecule has 0 N–H and O–H groups in total. The quantitative estimate of drug-likeness (QED) is 0.541. The Morgan fingerprint density at radius 1 is 1.39 bits per heavy atom. The highest BCUT2D eigenvalue weighted by Crippen LogP contribution is 2.58. The van der Waals surface area contributed by atoms with Gasteiger partial charge in [0.1, 0.15) is 10.7 Å². The average Bonchev–Trinajstić information content (AvgIpc) is 3.17. The fourth-order valence-electron chi connectivity index (χ4n) is 4.71. The smallest absolute Gasteiger partial charge is 0.423 e. The van der Waals surface area contributed by atoms with E-state index >= 15 is 0 Å². The number of carbonyl (C=O) groups excluding carboxylic acids is 2. The van der Waals surface area contributed by atoms with Crippen LogP contribution in [-0.2, 0) is 9.53 Å². The van der Waals surface area contributed by atoms with Gasteiger partial charge in [-0.05, 0) is 42.8 Å². The number of imidazole rings is 1. The number of ether oxygens (including phenoxy) is 1. The number of quaternary nitrogens is 1. The number of rotatable bonds is 3. The van der Waals surface area contributed by atoms with Crippen LogP contribution in [0.15, 0.2) is 52.9 Å². The molecule has 0 saturated carbocycles. The molecule has 2 unspecified atom stereocenters. The lowest BCUT2D eigenvalue weighted by Crippen LogP contribution is -2.66. The second-order valence-electron chi connectivity index (χ2n) is 7.33. The summed E-state index contributed by atoms with van der Waals surface area (Å²) in [5.74, 6) is 0.579. The van der Waals surface area contributed by atoms with Gasteiger partial charge < -0.3 is 4.74 Å². The maximum Gasteiger partial charge on any atom is 0.529 e. The highest BCUT2D eigenvalue weighted by Gasteiger charge is 2.70. The van der Waals surface area contributed by atoms with Crippen LogP contribution in [0.4, 0.5) is 10.7 Å². The van der Waals surface area contributed by atoms with Crippen LogP contribution in [-0.4, -0.2) is 33.4 Å². The number of nitrogens with zero attached hydrogens (tertiary/aromatic N) is 3. The van der Waals surface area contributed by atoms with Crippen molar-refractivity contribution in [3.63, 3.8) is 0 Å². The molecule has 0 radical (unpaired) electrons. The summed E-state index contributed by atoms with van der Waals surface area (Å²) in [5, 5.41) is 0.843. The first-order chi connectivity index (χ1) is 13.4. The fraction of sp³-hybridized carbons (Fsp3) is 0.381. The van der Waals surface area contributed by atoms with Gasteiger partial charge in [0.25, 0.3) is 0 Å². The molecule has 1 aliphatic carbocycles. The largest absolute Gasteiger partial charge is 0.529 e. The van der Waals surface area contributed by atoms with E-state index < -0.39 is 5.54 Å². The molecule has 0 fully saturated rings. The van der Waals surface area contributed by atoms with E-state index in [-0.39, 0.29) is 15.7 Å². The van der Waals surface area contributed by atoms with Crippen LogP contribution in [0.25, 0.3) is 5.70 Å². The van der Waals surface area contributed by atoms with E-state index in [4.69, 9.17) is 4.74 Å². The standard InChI is InChI=1S/C21H24N3O3S/c1-5-8-17(25)28-16-13-22-19-23(16)18-14(2)9-6-11-21(18)12-7-10-15(3)24(19,21)20(26)27-4/h6-7,9-10,12-13H,5,8,11H2,1-4H3/q+1. The Hall–Kier alpha value is -2.38. The van der Waals surface area contributed by atoms with Gasteiger partial charge in [0, 0.05) is 19.8 Å². The minimum absolute atomic E-state index is 0.0983. The van der Waals surface area contributed by atoms with E-state index in [1.54, 1.807) is 6.20 Å². The molecule has 6 nitrogen and oxygen atoms in total. The number of methoxy groups -OCH3 is 1.